The Morgan fingerprint density at radius 3 is 2.52 bits per heavy atom. The fourth-order valence-corrected chi connectivity index (χ4v) is 3.75. The first kappa shape index (κ1) is 21.5. The molecule has 1 fully saturated rings. The molecule has 3 aromatic rings. The minimum absolute atomic E-state index is 0.241. The lowest BCUT2D eigenvalue weighted by molar-refractivity contribution is 0.0327. The van der Waals surface area contributed by atoms with Crippen molar-refractivity contribution in [3.63, 3.8) is 0 Å². The summed E-state index contributed by atoms with van der Waals surface area (Å²) in [5.74, 6) is -1.56. The molecule has 8 nitrogen and oxygen atoms in total. The lowest BCUT2D eigenvalue weighted by atomic mass is 10.0. The Balaban J connectivity index is 1.81. The van der Waals surface area contributed by atoms with E-state index in [1.54, 1.807) is 36.4 Å². The van der Waals surface area contributed by atoms with E-state index in [0.717, 1.165) is 0 Å². The third-order valence-electron chi connectivity index (χ3n) is 4.88. The van der Waals surface area contributed by atoms with Gasteiger partial charge in [-0.05, 0) is 30.3 Å². The van der Waals surface area contributed by atoms with Gasteiger partial charge in [0.1, 0.15) is 5.82 Å². The monoisotopic (exact) mass is 460 g/mol. The van der Waals surface area contributed by atoms with Gasteiger partial charge in [-0.25, -0.2) is 14.5 Å². The van der Waals surface area contributed by atoms with Crippen LogP contribution in [0.1, 0.15) is 32.4 Å². The molecule has 1 aliphatic heterocycles. The van der Waals surface area contributed by atoms with E-state index in [0.29, 0.717) is 60.0 Å². The average Bonchev–Trinajstić information content (AvgIpc) is 3.18. The Bertz CT molecular complexity index is 1140. The van der Waals surface area contributed by atoms with Crippen molar-refractivity contribution in [3.8, 4) is 5.69 Å². The maximum Gasteiger partial charge on any atom is 0.375 e. The van der Waals surface area contributed by atoms with Crippen LogP contribution in [-0.4, -0.2) is 62.8 Å². The minimum atomic E-state index is -1.25. The first-order valence-corrected chi connectivity index (χ1v) is 10.3. The number of carboxylic acid groups (broad SMARTS) is 1. The van der Waals surface area contributed by atoms with Crippen LogP contribution < -0.4 is 0 Å². The summed E-state index contributed by atoms with van der Waals surface area (Å²) < 4.78 is 6.76. The summed E-state index contributed by atoms with van der Waals surface area (Å²) in [6, 6.07) is 11.4. The van der Waals surface area contributed by atoms with Crippen LogP contribution >= 0.6 is 23.2 Å². The molecule has 1 aromatic heterocycles. The number of aromatic carboxylic acids is 1. The summed E-state index contributed by atoms with van der Waals surface area (Å²) in [6.07, 6.45) is 0. The van der Waals surface area contributed by atoms with Crippen molar-refractivity contribution in [2.24, 2.45) is 0 Å². The largest absolute Gasteiger partial charge is 0.475 e. The smallest absolute Gasteiger partial charge is 0.375 e. The molecule has 0 unspecified atom stereocenters. The summed E-state index contributed by atoms with van der Waals surface area (Å²) in [5, 5.41) is 14.2. The molecular weight excluding hydrogens is 443 g/mol. The normalized spacial score (nSPS) is 14.5. The number of benzene rings is 2. The number of morpholine rings is 1. The second kappa shape index (κ2) is 9.15. The molecule has 0 amide bonds. The van der Waals surface area contributed by atoms with Crippen molar-refractivity contribution in [3.05, 3.63) is 75.3 Å². The van der Waals surface area contributed by atoms with Gasteiger partial charge in [0.05, 0.1) is 30.5 Å². The van der Waals surface area contributed by atoms with Gasteiger partial charge in [0.15, 0.2) is 5.78 Å². The third kappa shape index (κ3) is 4.62. The zero-order chi connectivity index (χ0) is 22.0. The van der Waals surface area contributed by atoms with Gasteiger partial charge in [0.25, 0.3) is 5.82 Å². The summed E-state index contributed by atoms with van der Waals surface area (Å²) in [6.45, 7) is 2.88. The first-order valence-electron chi connectivity index (χ1n) is 9.52. The minimum Gasteiger partial charge on any atom is -0.475 e. The number of hydrogen-bond acceptors (Lipinski definition) is 6. The molecule has 0 spiro atoms. The molecule has 4 rings (SSSR count). The van der Waals surface area contributed by atoms with Crippen LogP contribution in [0.25, 0.3) is 5.69 Å². The van der Waals surface area contributed by atoms with E-state index in [4.69, 9.17) is 27.9 Å². The number of carbonyl (C=O) groups excluding carboxylic acids is 1. The number of ketones is 1. The number of rotatable bonds is 6. The summed E-state index contributed by atoms with van der Waals surface area (Å²) in [5.41, 5.74) is 0.921. The molecule has 0 bridgehead atoms. The van der Waals surface area contributed by atoms with Crippen LogP contribution in [0.15, 0.2) is 42.5 Å². The topological polar surface area (TPSA) is 97.5 Å². The zero-order valence-electron chi connectivity index (χ0n) is 16.3. The Morgan fingerprint density at radius 2 is 1.81 bits per heavy atom. The number of halogens is 2. The molecule has 0 radical (unpaired) electrons. The summed E-state index contributed by atoms with van der Waals surface area (Å²) >= 11 is 12.4. The van der Waals surface area contributed by atoms with E-state index in [2.05, 4.69) is 15.0 Å². The van der Waals surface area contributed by atoms with Crippen molar-refractivity contribution in [2.75, 3.05) is 26.3 Å². The maximum absolute atomic E-state index is 13.3. The molecular formula is C21H18Cl2N4O4. The second-order valence-electron chi connectivity index (χ2n) is 6.93. The Hall–Kier alpha value is -2.78. The molecule has 1 aliphatic rings. The van der Waals surface area contributed by atoms with Gasteiger partial charge in [0.2, 0.25) is 0 Å². The number of carboxylic acids is 1. The molecule has 160 valence electrons. The zero-order valence-corrected chi connectivity index (χ0v) is 17.8. The van der Waals surface area contributed by atoms with Crippen LogP contribution in [0.4, 0.5) is 0 Å². The molecule has 1 N–H and O–H groups in total. The van der Waals surface area contributed by atoms with Crippen LogP contribution in [-0.2, 0) is 11.3 Å². The summed E-state index contributed by atoms with van der Waals surface area (Å²) in [7, 11) is 0. The van der Waals surface area contributed by atoms with E-state index < -0.39 is 5.97 Å². The van der Waals surface area contributed by atoms with Crippen LogP contribution in [0.3, 0.4) is 0 Å². The second-order valence-corrected chi connectivity index (χ2v) is 7.77. The van der Waals surface area contributed by atoms with Crippen molar-refractivity contribution < 1.29 is 19.4 Å². The highest BCUT2D eigenvalue weighted by molar-refractivity contribution is 6.35. The van der Waals surface area contributed by atoms with Crippen LogP contribution in [0.5, 0.6) is 0 Å². The highest BCUT2D eigenvalue weighted by atomic mass is 35.5. The van der Waals surface area contributed by atoms with Crippen molar-refractivity contribution in [1.82, 2.24) is 19.7 Å². The molecule has 2 aromatic carbocycles. The number of ether oxygens (including phenoxy) is 1. The predicted molar refractivity (Wildman–Crippen MR) is 114 cm³/mol. The molecule has 2 heterocycles. The highest BCUT2D eigenvalue weighted by Gasteiger charge is 2.24. The van der Waals surface area contributed by atoms with E-state index in [-0.39, 0.29) is 17.2 Å². The van der Waals surface area contributed by atoms with Crippen molar-refractivity contribution in [2.45, 2.75) is 6.54 Å². The molecule has 0 saturated carbocycles. The lowest BCUT2D eigenvalue weighted by Crippen LogP contribution is -2.36. The number of aromatic nitrogens is 3. The van der Waals surface area contributed by atoms with Crippen molar-refractivity contribution >= 4 is 35.0 Å². The average molecular weight is 461 g/mol. The van der Waals surface area contributed by atoms with Crippen LogP contribution in [0, 0.1) is 0 Å². The van der Waals surface area contributed by atoms with Gasteiger partial charge < -0.3 is 9.84 Å². The Labute approximate surface area is 188 Å². The Kier molecular flexibility index (Phi) is 6.33. The van der Waals surface area contributed by atoms with Crippen LogP contribution in [0.2, 0.25) is 10.0 Å². The van der Waals surface area contributed by atoms with Gasteiger partial charge in [-0.3, -0.25) is 9.69 Å². The molecule has 0 aliphatic carbocycles. The standard InChI is InChI=1S/C21H18Cl2N4O4/c22-13-5-6-17(15(11-13)19(28)14-3-1-2-4-16(14)23)27-18(24-20(25-27)21(29)30)12-26-7-9-31-10-8-26/h1-6,11H,7-10,12H2,(H,29,30). The molecule has 10 heteroatoms. The Morgan fingerprint density at radius 1 is 1.06 bits per heavy atom. The van der Waals surface area contributed by atoms with Gasteiger partial charge in [-0.2, -0.15) is 0 Å². The number of nitrogens with zero attached hydrogens (tertiary/aromatic N) is 4. The SMILES string of the molecule is O=C(O)c1nc(CN2CCOCC2)n(-c2ccc(Cl)cc2C(=O)c2ccccc2Cl)n1. The molecule has 1 saturated heterocycles. The van der Waals surface area contributed by atoms with Gasteiger partial charge >= 0.3 is 5.97 Å². The van der Waals surface area contributed by atoms with Gasteiger partial charge in [0, 0.05) is 29.2 Å². The third-order valence-corrected chi connectivity index (χ3v) is 5.45. The van der Waals surface area contributed by atoms with E-state index in [1.165, 1.54) is 10.7 Å². The summed E-state index contributed by atoms with van der Waals surface area (Å²) in [4.78, 5) is 31.1. The quantitative estimate of drug-likeness (QED) is 0.563. The highest BCUT2D eigenvalue weighted by Crippen LogP contribution is 2.26. The predicted octanol–water partition coefficient (Wildman–Crippen LogP) is 3.34. The van der Waals surface area contributed by atoms with Crippen molar-refractivity contribution in [1.29, 1.82) is 0 Å². The first-order chi connectivity index (χ1) is 14.9. The number of carbonyl (C=O) groups is 2. The maximum atomic E-state index is 13.3. The van der Waals surface area contributed by atoms with E-state index in [1.807, 2.05) is 0 Å². The fourth-order valence-electron chi connectivity index (χ4n) is 3.35. The van der Waals surface area contributed by atoms with E-state index in [9.17, 15) is 14.7 Å². The van der Waals surface area contributed by atoms with Gasteiger partial charge in [-0.1, -0.05) is 35.3 Å². The molecule has 31 heavy (non-hydrogen) atoms. The lowest BCUT2D eigenvalue weighted by Gasteiger charge is -2.26. The van der Waals surface area contributed by atoms with Gasteiger partial charge in [-0.15, -0.1) is 5.10 Å². The molecule has 0 atom stereocenters. The fraction of sp³-hybridized carbons (Fsp3) is 0.238. The van der Waals surface area contributed by atoms with E-state index >= 15 is 0 Å². The number of hydrogen-bond donors (Lipinski definition) is 1.